The maximum Gasteiger partial charge on any atom is 0.316 e. The molecule has 0 spiro atoms. The molecule has 3 rings (SSSR count). The zero-order valence-corrected chi connectivity index (χ0v) is 15.1. The van der Waals surface area contributed by atoms with Crippen molar-refractivity contribution < 1.29 is 19.1 Å². The van der Waals surface area contributed by atoms with Crippen molar-refractivity contribution in [2.45, 2.75) is 31.0 Å². The fourth-order valence-corrected chi connectivity index (χ4v) is 2.82. The van der Waals surface area contributed by atoms with Crippen LogP contribution in [0, 0.1) is 0 Å². The number of thioether (sulfide) groups is 1. The van der Waals surface area contributed by atoms with Gasteiger partial charge in [0, 0.05) is 6.04 Å². The van der Waals surface area contributed by atoms with Gasteiger partial charge in [0.15, 0.2) is 6.61 Å². The van der Waals surface area contributed by atoms with Gasteiger partial charge in [0.05, 0.1) is 12.4 Å². The van der Waals surface area contributed by atoms with E-state index in [0.29, 0.717) is 23.2 Å². The number of para-hydroxylation sites is 2. The van der Waals surface area contributed by atoms with E-state index in [-0.39, 0.29) is 24.3 Å². The Kier molecular flexibility index (Phi) is 6.05. The van der Waals surface area contributed by atoms with Crippen molar-refractivity contribution in [1.82, 2.24) is 25.5 Å². The molecule has 1 aliphatic rings. The van der Waals surface area contributed by atoms with Crippen LogP contribution >= 0.6 is 11.8 Å². The Labute approximate surface area is 154 Å². The molecular formula is C16H19N5O4S. The predicted molar refractivity (Wildman–Crippen MR) is 93.2 cm³/mol. The Balaban J connectivity index is 1.55. The highest BCUT2D eigenvalue weighted by molar-refractivity contribution is 7.99. The molecule has 0 atom stereocenters. The minimum absolute atomic E-state index is 0.00607. The van der Waals surface area contributed by atoms with E-state index >= 15 is 0 Å². The molecule has 1 amide bonds. The molecule has 1 heterocycles. The van der Waals surface area contributed by atoms with E-state index in [1.165, 1.54) is 4.68 Å². The lowest BCUT2D eigenvalue weighted by molar-refractivity contribution is -0.145. The van der Waals surface area contributed by atoms with Crippen molar-refractivity contribution in [2.75, 3.05) is 19.0 Å². The van der Waals surface area contributed by atoms with E-state index in [9.17, 15) is 9.59 Å². The Morgan fingerprint density at radius 2 is 2.15 bits per heavy atom. The molecule has 1 aromatic heterocycles. The first-order valence-electron chi connectivity index (χ1n) is 8.25. The summed E-state index contributed by atoms with van der Waals surface area (Å²) in [7, 11) is 0. The second-order valence-electron chi connectivity index (χ2n) is 5.57. The number of nitrogens with one attached hydrogen (secondary N) is 1. The van der Waals surface area contributed by atoms with Gasteiger partial charge in [-0.05, 0) is 42.3 Å². The highest BCUT2D eigenvalue weighted by Gasteiger charge is 2.23. The van der Waals surface area contributed by atoms with Crippen molar-refractivity contribution in [3.8, 4) is 11.4 Å². The highest BCUT2D eigenvalue weighted by atomic mass is 32.2. The number of ether oxygens (including phenoxy) is 2. The number of hydrogen-bond acceptors (Lipinski definition) is 8. The van der Waals surface area contributed by atoms with Crippen molar-refractivity contribution in [3.05, 3.63) is 24.3 Å². The van der Waals surface area contributed by atoms with Gasteiger partial charge < -0.3 is 14.8 Å². The maximum atomic E-state index is 11.8. The van der Waals surface area contributed by atoms with Gasteiger partial charge in [-0.2, -0.15) is 4.68 Å². The fourth-order valence-electron chi connectivity index (χ4n) is 2.14. The van der Waals surface area contributed by atoms with Gasteiger partial charge in [0.1, 0.15) is 11.4 Å². The first-order valence-corrected chi connectivity index (χ1v) is 9.24. The van der Waals surface area contributed by atoms with Crippen LogP contribution in [0.4, 0.5) is 0 Å². The number of carbonyl (C=O) groups excluding carboxylic acids is 2. The van der Waals surface area contributed by atoms with Gasteiger partial charge in [-0.15, -0.1) is 5.10 Å². The van der Waals surface area contributed by atoms with E-state index < -0.39 is 5.97 Å². The summed E-state index contributed by atoms with van der Waals surface area (Å²) in [5.74, 6) is -0.146. The van der Waals surface area contributed by atoms with Crippen LogP contribution in [-0.4, -0.2) is 57.1 Å². The fraction of sp³-hybridized carbons (Fsp3) is 0.438. The second-order valence-corrected chi connectivity index (χ2v) is 6.51. The van der Waals surface area contributed by atoms with Crippen LogP contribution in [0.15, 0.2) is 29.4 Å². The number of hydrogen-bond donors (Lipinski definition) is 1. The quantitative estimate of drug-likeness (QED) is 0.509. The molecule has 138 valence electrons. The minimum Gasteiger partial charge on any atom is -0.492 e. The molecule has 1 aliphatic carbocycles. The average molecular weight is 377 g/mol. The van der Waals surface area contributed by atoms with Crippen molar-refractivity contribution in [2.24, 2.45) is 0 Å². The normalized spacial score (nSPS) is 13.3. The number of amides is 1. The lowest BCUT2D eigenvalue weighted by atomic mass is 10.3. The molecule has 1 fully saturated rings. The van der Waals surface area contributed by atoms with Gasteiger partial charge >= 0.3 is 5.97 Å². The largest absolute Gasteiger partial charge is 0.492 e. The summed E-state index contributed by atoms with van der Waals surface area (Å²) >= 11 is 1.13. The Bertz CT molecular complexity index is 778. The first-order chi connectivity index (χ1) is 12.7. The summed E-state index contributed by atoms with van der Waals surface area (Å²) in [6.45, 7) is 2.13. The topological polar surface area (TPSA) is 108 Å². The Hall–Kier alpha value is -2.62. The second kappa shape index (κ2) is 8.65. The first kappa shape index (κ1) is 18.2. The summed E-state index contributed by atoms with van der Waals surface area (Å²) < 4.78 is 12.0. The zero-order chi connectivity index (χ0) is 18.4. The molecule has 1 N–H and O–H groups in total. The van der Waals surface area contributed by atoms with Gasteiger partial charge in [0.2, 0.25) is 5.16 Å². The van der Waals surface area contributed by atoms with E-state index in [1.54, 1.807) is 0 Å². The SMILES string of the molecule is CCOc1ccccc1-n1nnnc1SCC(=O)OCC(=O)NC1CC1. The molecule has 0 bridgehead atoms. The van der Waals surface area contributed by atoms with Gasteiger partial charge in [-0.3, -0.25) is 9.59 Å². The summed E-state index contributed by atoms with van der Waals surface area (Å²) in [4.78, 5) is 23.4. The van der Waals surface area contributed by atoms with Crippen molar-refractivity contribution in [3.63, 3.8) is 0 Å². The molecule has 26 heavy (non-hydrogen) atoms. The Morgan fingerprint density at radius 1 is 1.35 bits per heavy atom. The molecule has 1 aromatic carbocycles. The molecule has 0 unspecified atom stereocenters. The third kappa shape index (κ3) is 4.94. The van der Waals surface area contributed by atoms with Gasteiger partial charge in [-0.1, -0.05) is 23.9 Å². The molecule has 1 saturated carbocycles. The smallest absolute Gasteiger partial charge is 0.316 e. The number of aromatic nitrogens is 4. The number of benzene rings is 1. The van der Waals surface area contributed by atoms with Crippen LogP contribution in [0.2, 0.25) is 0 Å². The number of tetrazole rings is 1. The summed E-state index contributed by atoms with van der Waals surface area (Å²) in [6, 6.07) is 7.59. The molecule has 2 aromatic rings. The maximum absolute atomic E-state index is 11.8. The van der Waals surface area contributed by atoms with Gasteiger partial charge in [0.25, 0.3) is 5.91 Å². The molecular weight excluding hydrogens is 358 g/mol. The van der Waals surface area contributed by atoms with E-state index in [1.807, 2.05) is 31.2 Å². The molecule has 0 aliphatic heterocycles. The summed E-state index contributed by atoms with van der Waals surface area (Å²) in [5.41, 5.74) is 0.680. The van der Waals surface area contributed by atoms with Crippen LogP contribution in [-0.2, 0) is 14.3 Å². The van der Waals surface area contributed by atoms with E-state index in [0.717, 1.165) is 24.6 Å². The van der Waals surface area contributed by atoms with E-state index in [4.69, 9.17) is 9.47 Å². The Morgan fingerprint density at radius 3 is 2.92 bits per heavy atom. The third-order valence-corrected chi connectivity index (χ3v) is 4.35. The average Bonchev–Trinajstić information content (AvgIpc) is 3.33. The van der Waals surface area contributed by atoms with Crippen LogP contribution in [0.5, 0.6) is 5.75 Å². The van der Waals surface area contributed by atoms with Gasteiger partial charge in [-0.25, -0.2) is 0 Å². The number of esters is 1. The molecule has 10 heteroatoms. The zero-order valence-electron chi connectivity index (χ0n) is 14.3. The number of carbonyl (C=O) groups is 2. The third-order valence-electron chi connectivity index (χ3n) is 3.46. The van der Waals surface area contributed by atoms with Crippen LogP contribution in [0.25, 0.3) is 5.69 Å². The lowest BCUT2D eigenvalue weighted by Gasteiger charge is -2.10. The number of rotatable bonds is 9. The predicted octanol–water partition coefficient (Wildman–Crippen LogP) is 0.975. The molecule has 9 nitrogen and oxygen atoms in total. The van der Waals surface area contributed by atoms with Crippen LogP contribution in [0.1, 0.15) is 19.8 Å². The van der Waals surface area contributed by atoms with Crippen LogP contribution in [0.3, 0.4) is 0 Å². The lowest BCUT2D eigenvalue weighted by Crippen LogP contribution is -2.30. The monoisotopic (exact) mass is 377 g/mol. The standard InChI is InChI=1S/C16H19N5O4S/c1-2-24-13-6-4-3-5-12(13)21-16(18-19-20-21)26-10-15(23)25-9-14(22)17-11-7-8-11/h3-6,11H,2,7-10H2,1H3,(H,17,22). The minimum atomic E-state index is -0.506. The molecule has 0 saturated heterocycles. The number of nitrogens with zero attached hydrogens (tertiary/aromatic N) is 4. The van der Waals surface area contributed by atoms with Crippen molar-refractivity contribution >= 4 is 23.6 Å². The highest BCUT2D eigenvalue weighted by Crippen LogP contribution is 2.25. The summed E-state index contributed by atoms with van der Waals surface area (Å²) in [6.07, 6.45) is 1.98. The summed E-state index contributed by atoms with van der Waals surface area (Å²) in [5, 5.41) is 14.7. The van der Waals surface area contributed by atoms with E-state index in [2.05, 4.69) is 20.8 Å². The van der Waals surface area contributed by atoms with Crippen molar-refractivity contribution in [1.29, 1.82) is 0 Å². The molecule has 0 radical (unpaired) electrons. The van der Waals surface area contributed by atoms with Crippen LogP contribution < -0.4 is 10.1 Å².